The van der Waals surface area contributed by atoms with Gasteiger partial charge in [-0.05, 0) is 0 Å². The van der Waals surface area contributed by atoms with Crippen LogP contribution in [-0.4, -0.2) is 4.98 Å². The molecule has 0 saturated carbocycles. The summed E-state index contributed by atoms with van der Waals surface area (Å²) in [6, 6.07) is 2.36. The number of nitrogens with two attached hydrogens (primary N) is 1. The van der Waals surface area contributed by atoms with Crippen LogP contribution in [0.5, 0.6) is 0 Å². The zero-order valence-electron chi connectivity index (χ0n) is 7.67. The molecule has 1 aromatic rings. The summed E-state index contributed by atoms with van der Waals surface area (Å²) in [5.74, 6) is -0.859. The number of hydrogen-bond acceptors (Lipinski definition) is 3. The molecule has 0 atom stereocenters. The summed E-state index contributed by atoms with van der Waals surface area (Å²) in [5.41, 5.74) is 4.57. The van der Waals surface area contributed by atoms with Gasteiger partial charge in [-0.2, -0.15) is 5.26 Å². The van der Waals surface area contributed by atoms with Crippen LogP contribution in [0.3, 0.4) is 0 Å². The fourth-order valence-electron chi connectivity index (χ4n) is 1.16. The molecule has 0 saturated heterocycles. The Morgan fingerprint density at radius 2 is 2.20 bits per heavy atom. The molecule has 0 aliphatic rings. The maximum atomic E-state index is 13.3. The zero-order valence-corrected chi connectivity index (χ0v) is 7.67. The Labute approximate surface area is 84.3 Å². The van der Waals surface area contributed by atoms with Crippen molar-refractivity contribution in [1.82, 2.24) is 4.98 Å². The molecule has 0 radical (unpaired) electrons. The van der Waals surface area contributed by atoms with Crippen LogP contribution < -0.4 is 5.73 Å². The van der Waals surface area contributed by atoms with E-state index in [2.05, 4.69) is 4.98 Å². The highest BCUT2D eigenvalue weighted by molar-refractivity contribution is 5.28. The average Bonchev–Trinajstić information content (AvgIpc) is 2.20. The Hall–Kier alpha value is -1.61. The van der Waals surface area contributed by atoms with Crippen molar-refractivity contribution in [2.24, 2.45) is 5.73 Å². The van der Waals surface area contributed by atoms with Gasteiger partial charge >= 0.3 is 0 Å². The lowest BCUT2D eigenvalue weighted by molar-refractivity contribution is 0.145. The number of nitriles is 1. The van der Waals surface area contributed by atoms with Gasteiger partial charge in [0.1, 0.15) is 11.5 Å². The number of aromatic nitrogens is 1. The van der Waals surface area contributed by atoms with E-state index >= 15 is 0 Å². The quantitative estimate of drug-likeness (QED) is 0.834. The molecule has 0 aromatic carbocycles. The minimum atomic E-state index is -2.85. The monoisotopic (exact) mass is 215 g/mol. The lowest BCUT2D eigenvalue weighted by Gasteiger charge is -2.07. The van der Waals surface area contributed by atoms with Crippen molar-refractivity contribution in [2.75, 3.05) is 0 Å². The molecule has 0 spiro atoms. The van der Waals surface area contributed by atoms with Crippen LogP contribution in [0.2, 0.25) is 0 Å². The maximum Gasteiger partial charge on any atom is 0.280 e. The van der Waals surface area contributed by atoms with Crippen LogP contribution in [0.25, 0.3) is 0 Å². The van der Waals surface area contributed by atoms with Crippen molar-refractivity contribution in [1.29, 1.82) is 5.26 Å². The summed E-state index contributed by atoms with van der Waals surface area (Å²) < 4.78 is 37.8. The van der Waals surface area contributed by atoms with E-state index in [0.29, 0.717) is 6.07 Å². The van der Waals surface area contributed by atoms with Crippen molar-refractivity contribution in [3.8, 4) is 6.07 Å². The lowest BCUT2D eigenvalue weighted by atomic mass is 10.1. The van der Waals surface area contributed by atoms with Gasteiger partial charge < -0.3 is 5.73 Å². The first-order chi connectivity index (χ1) is 7.10. The topological polar surface area (TPSA) is 62.7 Å². The van der Waals surface area contributed by atoms with Gasteiger partial charge in [0.25, 0.3) is 6.43 Å². The van der Waals surface area contributed by atoms with Gasteiger partial charge in [0, 0.05) is 18.2 Å². The van der Waals surface area contributed by atoms with E-state index in [1.54, 1.807) is 6.07 Å². The third-order valence-corrected chi connectivity index (χ3v) is 1.85. The van der Waals surface area contributed by atoms with Crippen LogP contribution in [0.1, 0.15) is 23.4 Å². The molecule has 1 aromatic heterocycles. The van der Waals surface area contributed by atoms with Crippen LogP contribution >= 0.6 is 0 Å². The molecule has 0 amide bonds. The Morgan fingerprint density at radius 1 is 1.53 bits per heavy atom. The number of rotatable bonds is 3. The van der Waals surface area contributed by atoms with E-state index in [1.807, 2.05) is 0 Å². The van der Waals surface area contributed by atoms with Crippen molar-refractivity contribution < 1.29 is 13.2 Å². The smallest absolute Gasteiger partial charge is 0.280 e. The Bertz CT molecular complexity index is 398. The molecule has 80 valence electrons. The largest absolute Gasteiger partial charge is 0.325 e. The van der Waals surface area contributed by atoms with Gasteiger partial charge in [-0.3, -0.25) is 0 Å². The van der Waals surface area contributed by atoms with Gasteiger partial charge in [0.05, 0.1) is 18.2 Å². The van der Waals surface area contributed by atoms with Crippen LogP contribution in [0.15, 0.2) is 6.07 Å². The second kappa shape index (κ2) is 4.75. The van der Waals surface area contributed by atoms with Crippen LogP contribution in [0.4, 0.5) is 13.2 Å². The van der Waals surface area contributed by atoms with Crippen LogP contribution in [0, 0.1) is 17.1 Å². The summed E-state index contributed by atoms with van der Waals surface area (Å²) in [5, 5.41) is 8.41. The van der Waals surface area contributed by atoms with Crippen molar-refractivity contribution >= 4 is 0 Å². The SMILES string of the molecule is N#CCc1c(F)cc(C(F)F)nc1CN. The van der Waals surface area contributed by atoms with Gasteiger partial charge in [-0.15, -0.1) is 0 Å². The molecule has 1 heterocycles. The first kappa shape index (κ1) is 11.5. The highest BCUT2D eigenvalue weighted by atomic mass is 19.3. The van der Waals surface area contributed by atoms with Crippen molar-refractivity contribution in [2.45, 2.75) is 19.4 Å². The highest BCUT2D eigenvalue weighted by Crippen LogP contribution is 2.21. The second-order valence-corrected chi connectivity index (χ2v) is 2.79. The molecule has 0 aliphatic heterocycles. The lowest BCUT2D eigenvalue weighted by Crippen LogP contribution is -2.09. The summed E-state index contributed by atoms with van der Waals surface area (Å²) in [6.07, 6.45) is -3.07. The minimum Gasteiger partial charge on any atom is -0.325 e. The summed E-state index contributed by atoms with van der Waals surface area (Å²) in [7, 11) is 0. The molecule has 0 fully saturated rings. The molecule has 3 nitrogen and oxygen atoms in total. The Kier molecular flexibility index (Phi) is 3.63. The summed E-state index contributed by atoms with van der Waals surface area (Å²) >= 11 is 0. The fraction of sp³-hybridized carbons (Fsp3) is 0.333. The molecular weight excluding hydrogens is 207 g/mol. The Morgan fingerprint density at radius 3 is 2.67 bits per heavy atom. The standard InChI is InChI=1S/C9H8F3N3/c10-6-3-7(9(11)12)15-8(4-14)5(6)1-2-13/h3,9H,1,4,14H2. The zero-order chi connectivity index (χ0) is 11.4. The number of alkyl halides is 2. The number of hydrogen-bond donors (Lipinski definition) is 1. The molecule has 6 heteroatoms. The Balaban J connectivity index is 3.25. The predicted molar refractivity (Wildman–Crippen MR) is 46.4 cm³/mol. The normalized spacial score (nSPS) is 10.4. The molecule has 1 rings (SSSR count). The number of nitrogens with zero attached hydrogens (tertiary/aromatic N) is 2. The molecule has 0 aliphatic carbocycles. The molecule has 0 unspecified atom stereocenters. The van der Waals surface area contributed by atoms with E-state index < -0.39 is 17.9 Å². The van der Waals surface area contributed by atoms with Gasteiger partial charge in [0.15, 0.2) is 0 Å². The number of halogens is 3. The third kappa shape index (κ3) is 2.44. The molecule has 2 N–H and O–H groups in total. The third-order valence-electron chi connectivity index (χ3n) is 1.85. The number of pyridine rings is 1. The van der Waals surface area contributed by atoms with E-state index in [0.717, 1.165) is 0 Å². The minimum absolute atomic E-state index is 0.00634. The first-order valence-corrected chi connectivity index (χ1v) is 4.13. The van der Waals surface area contributed by atoms with Gasteiger partial charge in [-0.1, -0.05) is 0 Å². The summed E-state index contributed by atoms with van der Waals surface area (Å²) in [4.78, 5) is 3.50. The first-order valence-electron chi connectivity index (χ1n) is 4.13. The second-order valence-electron chi connectivity index (χ2n) is 2.79. The van der Waals surface area contributed by atoms with E-state index in [-0.39, 0.29) is 24.2 Å². The average molecular weight is 215 g/mol. The highest BCUT2D eigenvalue weighted by Gasteiger charge is 2.16. The molecular formula is C9H8F3N3. The van der Waals surface area contributed by atoms with Crippen molar-refractivity contribution in [3.63, 3.8) is 0 Å². The van der Waals surface area contributed by atoms with Gasteiger partial charge in [-0.25, -0.2) is 18.2 Å². The molecule has 15 heavy (non-hydrogen) atoms. The summed E-state index contributed by atoms with van der Waals surface area (Å²) in [6.45, 7) is -0.172. The van der Waals surface area contributed by atoms with E-state index in [9.17, 15) is 13.2 Å². The van der Waals surface area contributed by atoms with Crippen LogP contribution in [-0.2, 0) is 13.0 Å². The maximum absolute atomic E-state index is 13.3. The fourth-order valence-corrected chi connectivity index (χ4v) is 1.16. The van der Waals surface area contributed by atoms with E-state index in [1.165, 1.54) is 0 Å². The van der Waals surface area contributed by atoms with E-state index in [4.69, 9.17) is 11.0 Å². The predicted octanol–water partition coefficient (Wildman–Crippen LogP) is 1.68. The molecule has 0 bridgehead atoms. The van der Waals surface area contributed by atoms with Gasteiger partial charge in [0.2, 0.25) is 0 Å². The van der Waals surface area contributed by atoms with Crippen molar-refractivity contribution in [3.05, 3.63) is 28.8 Å².